The van der Waals surface area contributed by atoms with Crippen molar-refractivity contribution in [3.63, 3.8) is 0 Å². The summed E-state index contributed by atoms with van der Waals surface area (Å²) in [7, 11) is 0. The molecule has 0 aliphatic heterocycles. The zero-order valence-corrected chi connectivity index (χ0v) is 12.2. The molecule has 2 rings (SSSR count). The summed E-state index contributed by atoms with van der Waals surface area (Å²) in [4.78, 5) is 25.2. The molecule has 2 aromatic rings. The minimum Gasteiger partial charge on any atom is -0.481 e. The average Bonchev–Trinajstić information content (AvgIpc) is 2.89. The molecule has 0 saturated carbocycles. The summed E-state index contributed by atoms with van der Waals surface area (Å²) < 4.78 is 0. The van der Waals surface area contributed by atoms with Gasteiger partial charge >= 0.3 is 11.9 Å². The lowest BCUT2D eigenvalue weighted by Crippen LogP contribution is -2.48. The number of rotatable bonds is 8. The first-order valence-electron chi connectivity index (χ1n) is 6.98. The second kappa shape index (κ2) is 7.06. The van der Waals surface area contributed by atoms with E-state index in [9.17, 15) is 14.7 Å². The molecule has 0 aliphatic carbocycles. The van der Waals surface area contributed by atoms with Crippen molar-refractivity contribution in [3.8, 4) is 0 Å². The smallest absolute Gasteiger partial charge is 0.322 e. The van der Waals surface area contributed by atoms with Crippen LogP contribution in [0.15, 0.2) is 30.5 Å². The number of nitrogens with one attached hydrogen (secondary N) is 3. The topological polar surface area (TPSA) is 114 Å². The normalized spacial score (nSPS) is 13.9. The molecule has 0 bridgehead atoms. The number of aromatic nitrogens is 1. The van der Waals surface area contributed by atoms with E-state index in [4.69, 9.17) is 5.11 Å². The van der Waals surface area contributed by atoms with Gasteiger partial charge in [0.1, 0.15) is 6.04 Å². The maximum Gasteiger partial charge on any atom is 0.322 e. The first-order chi connectivity index (χ1) is 10.5. The second-order valence-corrected chi connectivity index (χ2v) is 5.22. The Hall–Kier alpha value is -2.38. The number of H-pyrrole nitrogens is 1. The van der Waals surface area contributed by atoms with E-state index in [1.165, 1.54) is 0 Å². The van der Waals surface area contributed by atoms with Crippen LogP contribution in [-0.4, -0.2) is 39.7 Å². The number of benzene rings is 1. The molecule has 1 heterocycles. The van der Waals surface area contributed by atoms with E-state index in [2.05, 4.69) is 15.8 Å². The number of aromatic amines is 1. The van der Waals surface area contributed by atoms with Gasteiger partial charge in [0, 0.05) is 30.1 Å². The van der Waals surface area contributed by atoms with E-state index in [-0.39, 0.29) is 13.0 Å². The van der Waals surface area contributed by atoms with Gasteiger partial charge in [0.2, 0.25) is 0 Å². The quantitative estimate of drug-likeness (QED) is 0.464. The fourth-order valence-electron chi connectivity index (χ4n) is 2.14. The molecule has 1 aromatic carbocycles. The van der Waals surface area contributed by atoms with Crippen LogP contribution in [0, 0.1) is 5.92 Å². The predicted molar refractivity (Wildman–Crippen MR) is 81.4 cm³/mol. The van der Waals surface area contributed by atoms with Crippen molar-refractivity contribution in [3.05, 3.63) is 36.0 Å². The van der Waals surface area contributed by atoms with Crippen molar-refractivity contribution in [1.29, 1.82) is 0 Å². The molecule has 118 valence electrons. The molecule has 7 nitrogen and oxygen atoms in total. The van der Waals surface area contributed by atoms with Crippen LogP contribution >= 0.6 is 0 Å². The van der Waals surface area contributed by atoms with Crippen LogP contribution in [0.1, 0.15) is 12.5 Å². The lowest BCUT2D eigenvalue weighted by Gasteiger charge is -2.16. The van der Waals surface area contributed by atoms with Crippen LogP contribution in [0.2, 0.25) is 0 Å². The van der Waals surface area contributed by atoms with Crippen molar-refractivity contribution in [2.75, 3.05) is 6.54 Å². The lowest BCUT2D eigenvalue weighted by atomic mass is 10.1. The summed E-state index contributed by atoms with van der Waals surface area (Å²) in [5.74, 6) is -2.53. The maximum atomic E-state index is 11.3. The van der Waals surface area contributed by atoms with Crippen molar-refractivity contribution in [2.24, 2.45) is 5.92 Å². The van der Waals surface area contributed by atoms with Crippen LogP contribution in [0.4, 0.5) is 0 Å². The van der Waals surface area contributed by atoms with E-state index in [0.29, 0.717) is 0 Å². The fourth-order valence-corrected chi connectivity index (χ4v) is 2.14. The standard InChI is InChI=1S/C15H19N3O4/c1-9(14(19)20)7-17-18-13(15(21)22)6-10-8-16-12-5-3-2-4-11(10)12/h2-5,8-9,13,16-18H,6-7H2,1H3,(H,19,20)(H,21,22)/t9?,13-/m0/s1. The van der Waals surface area contributed by atoms with E-state index >= 15 is 0 Å². The van der Waals surface area contributed by atoms with Crippen LogP contribution in [-0.2, 0) is 16.0 Å². The molecular formula is C15H19N3O4. The third kappa shape index (κ3) is 3.84. The Labute approximate surface area is 127 Å². The van der Waals surface area contributed by atoms with Gasteiger partial charge in [-0.3, -0.25) is 15.0 Å². The van der Waals surface area contributed by atoms with Crippen molar-refractivity contribution >= 4 is 22.8 Å². The van der Waals surface area contributed by atoms with Crippen molar-refractivity contribution in [1.82, 2.24) is 15.8 Å². The molecule has 0 radical (unpaired) electrons. The summed E-state index contributed by atoms with van der Waals surface area (Å²) in [6.45, 7) is 1.69. The second-order valence-electron chi connectivity index (χ2n) is 5.22. The molecule has 0 saturated heterocycles. The van der Waals surface area contributed by atoms with Gasteiger partial charge in [0.15, 0.2) is 0 Å². The highest BCUT2D eigenvalue weighted by molar-refractivity contribution is 5.84. The van der Waals surface area contributed by atoms with Gasteiger partial charge in [0.05, 0.1) is 5.92 Å². The average molecular weight is 305 g/mol. The van der Waals surface area contributed by atoms with Gasteiger partial charge in [-0.15, -0.1) is 0 Å². The molecule has 1 aromatic heterocycles. The Kier molecular flexibility index (Phi) is 5.13. The van der Waals surface area contributed by atoms with Crippen LogP contribution in [0.25, 0.3) is 10.9 Å². The summed E-state index contributed by atoms with van der Waals surface area (Å²) >= 11 is 0. The number of aliphatic carboxylic acids is 2. The molecule has 5 N–H and O–H groups in total. The lowest BCUT2D eigenvalue weighted by molar-refractivity contribution is -0.141. The largest absolute Gasteiger partial charge is 0.481 e. The van der Waals surface area contributed by atoms with Gasteiger partial charge in [0.25, 0.3) is 0 Å². The zero-order chi connectivity index (χ0) is 16.1. The Bertz CT molecular complexity index is 668. The first kappa shape index (κ1) is 16.0. The summed E-state index contributed by atoms with van der Waals surface area (Å²) in [6, 6.07) is 6.81. The van der Waals surface area contributed by atoms with Gasteiger partial charge in [-0.05, 0) is 11.6 Å². The third-order valence-electron chi connectivity index (χ3n) is 3.50. The third-order valence-corrected chi connectivity index (χ3v) is 3.50. The minimum atomic E-state index is -0.999. The molecule has 0 amide bonds. The van der Waals surface area contributed by atoms with E-state index in [0.717, 1.165) is 16.5 Å². The van der Waals surface area contributed by atoms with E-state index < -0.39 is 23.9 Å². The predicted octanol–water partition coefficient (Wildman–Crippen LogP) is 0.978. The SMILES string of the molecule is CC(CNN[C@@H](Cc1c[nH]c2ccccc12)C(=O)O)C(=O)O. The van der Waals surface area contributed by atoms with Crippen LogP contribution in [0.5, 0.6) is 0 Å². The molecule has 0 spiro atoms. The number of fused-ring (bicyclic) bond motifs is 1. The van der Waals surface area contributed by atoms with Crippen LogP contribution < -0.4 is 10.9 Å². The molecule has 0 fully saturated rings. The van der Waals surface area contributed by atoms with Gasteiger partial charge < -0.3 is 15.2 Å². The number of hydrazine groups is 1. The Balaban J connectivity index is 2.00. The Morgan fingerprint density at radius 3 is 2.64 bits per heavy atom. The zero-order valence-electron chi connectivity index (χ0n) is 12.2. The molecule has 22 heavy (non-hydrogen) atoms. The minimum absolute atomic E-state index is 0.146. The Morgan fingerprint density at radius 1 is 1.23 bits per heavy atom. The fraction of sp³-hybridized carbons (Fsp3) is 0.333. The number of carbonyl (C=O) groups is 2. The van der Waals surface area contributed by atoms with Crippen molar-refractivity contribution in [2.45, 2.75) is 19.4 Å². The highest BCUT2D eigenvalue weighted by atomic mass is 16.4. The number of carboxylic acid groups (broad SMARTS) is 2. The summed E-state index contributed by atoms with van der Waals surface area (Å²) in [6.07, 6.45) is 2.08. The molecule has 0 aliphatic rings. The highest BCUT2D eigenvalue weighted by Gasteiger charge is 2.20. The monoisotopic (exact) mass is 305 g/mol. The maximum absolute atomic E-state index is 11.3. The molecule has 1 unspecified atom stereocenters. The first-order valence-corrected chi connectivity index (χ1v) is 6.98. The molecule has 2 atom stereocenters. The Morgan fingerprint density at radius 2 is 1.95 bits per heavy atom. The molecular weight excluding hydrogens is 286 g/mol. The summed E-state index contributed by atoms with van der Waals surface area (Å²) in [5, 5.41) is 19.1. The van der Waals surface area contributed by atoms with Gasteiger partial charge in [-0.1, -0.05) is 25.1 Å². The highest BCUT2D eigenvalue weighted by Crippen LogP contribution is 2.19. The van der Waals surface area contributed by atoms with Crippen LogP contribution in [0.3, 0.4) is 0 Å². The van der Waals surface area contributed by atoms with Gasteiger partial charge in [-0.25, -0.2) is 5.43 Å². The van der Waals surface area contributed by atoms with Gasteiger partial charge in [-0.2, -0.15) is 0 Å². The van der Waals surface area contributed by atoms with Crippen molar-refractivity contribution < 1.29 is 19.8 Å². The summed E-state index contributed by atoms with van der Waals surface area (Å²) in [5.41, 5.74) is 7.21. The number of para-hydroxylation sites is 1. The number of carboxylic acids is 2. The number of hydrogen-bond donors (Lipinski definition) is 5. The van der Waals surface area contributed by atoms with E-state index in [1.807, 2.05) is 24.3 Å². The number of hydrogen-bond acceptors (Lipinski definition) is 4. The molecule has 7 heteroatoms. The van der Waals surface area contributed by atoms with E-state index in [1.54, 1.807) is 13.1 Å².